The number of halogens is 2. The first-order chi connectivity index (χ1) is 6.33. The number of carbonyl (C=O) groups excluding carboxylic acids is 1. The number of hydrogen-bond donors (Lipinski definition) is 2. The minimum absolute atomic E-state index is 0. The number of pyridine rings is 1. The van der Waals surface area contributed by atoms with E-state index in [2.05, 4.69) is 10.3 Å². The summed E-state index contributed by atoms with van der Waals surface area (Å²) in [5.41, 5.74) is 6.01. The number of nitrogens with one attached hydrogen (secondary N) is 1. The third kappa shape index (κ3) is 7.13. The molecule has 0 aromatic carbocycles. The molecule has 1 rings (SSSR count). The standard InChI is InChI=1S/C9H13N3O.2ClH/c10-4-6-12-9(13)7-8-3-1-2-5-11-8;;/h1-3,5H,4,6-7,10H2,(H,12,13);2*1H. The summed E-state index contributed by atoms with van der Waals surface area (Å²) in [5.74, 6) is -0.0378. The van der Waals surface area contributed by atoms with Gasteiger partial charge in [-0.2, -0.15) is 0 Å². The van der Waals surface area contributed by atoms with E-state index in [9.17, 15) is 4.79 Å². The van der Waals surface area contributed by atoms with E-state index in [4.69, 9.17) is 5.73 Å². The van der Waals surface area contributed by atoms with Gasteiger partial charge in [-0.3, -0.25) is 9.78 Å². The maximum atomic E-state index is 11.2. The van der Waals surface area contributed by atoms with E-state index in [0.717, 1.165) is 5.69 Å². The Morgan fingerprint density at radius 3 is 2.67 bits per heavy atom. The molecule has 4 nitrogen and oxygen atoms in total. The Morgan fingerprint density at radius 2 is 2.13 bits per heavy atom. The lowest BCUT2D eigenvalue weighted by molar-refractivity contribution is -0.120. The van der Waals surface area contributed by atoms with Crippen LogP contribution in [0.15, 0.2) is 24.4 Å². The molecular formula is C9H15Cl2N3O. The van der Waals surface area contributed by atoms with Crippen LogP contribution < -0.4 is 11.1 Å². The molecule has 0 spiro atoms. The minimum Gasteiger partial charge on any atom is -0.354 e. The Hall–Kier alpha value is -0.840. The summed E-state index contributed by atoms with van der Waals surface area (Å²) in [4.78, 5) is 15.2. The monoisotopic (exact) mass is 251 g/mol. The summed E-state index contributed by atoms with van der Waals surface area (Å²) in [6.07, 6.45) is 1.99. The van der Waals surface area contributed by atoms with Crippen molar-refractivity contribution in [3.8, 4) is 0 Å². The molecule has 0 unspecified atom stereocenters. The van der Waals surface area contributed by atoms with E-state index in [1.54, 1.807) is 6.20 Å². The first-order valence-corrected chi connectivity index (χ1v) is 4.19. The first kappa shape index (κ1) is 16.6. The van der Waals surface area contributed by atoms with E-state index in [1.807, 2.05) is 18.2 Å². The molecule has 86 valence electrons. The second-order valence-corrected chi connectivity index (χ2v) is 2.64. The number of amides is 1. The highest BCUT2D eigenvalue weighted by molar-refractivity contribution is 5.85. The van der Waals surface area contributed by atoms with Crippen LogP contribution in [0.4, 0.5) is 0 Å². The van der Waals surface area contributed by atoms with Gasteiger partial charge in [0.15, 0.2) is 0 Å². The normalized spacial score (nSPS) is 8.33. The van der Waals surface area contributed by atoms with Crippen LogP contribution >= 0.6 is 24.8 Å². The van der Waals surface area contributed by atoms with Gasteiger partial charge in [-0.1, -0.05) is 6.07 Å². The first-order valence-electron chi connectivity index (χ1n) is 4.19. The lowest BCUT2D eigenvalue weighted by Gasteiger charge is -2.01. The molecule has 1 aromatic rings. The maximum Gasteiger partial charge on any atom is 0.226 e. The number of nitrogens with zero attached hydrogens (tertiary/aromatic N) is 1. The predicted molar refractivity (Wildman–Crippen MR) is 64.5 cm³/mol. The molecule has 0 aliphatic carbocycles. The van der Waals surface area contributed by atoms with Crippen LogP contribution in [0.1, 0.15) is 5.69 Å². The molecule has 1 heterocycles. The van der Waals surface area contributed by atoms with E-state index in [-0.39, 0.29) is 30.7 Å². The number of rotatable bonds is 4. The van der Waals surface area contributed by atoms with E-state index < -0.39 is 0 Å². The van der Waals surface area contributed by atoms with E-state index >= 15 is 0 Å². The minimum atomic E-state index is -0.0378. The zero-order chi connectivity index (χ0) is 9.52. The summed E-state index contributed by atoms with van der Waals surface area (Å²) < 4.78 is 0. The van der Waals surface area contributed by atoms with Crippen molar-refractivity contribution >= 4 is 30.7 Å². The average Bonchev–Trinajstić information content (AvgIpc) is 2.16. The van der Waals surface area contributed by atoms with Gasteiger partial charge in [0.25, 0.3) is 0 Å². The van der Waals surface area contributed by atoms with Crippen molar-refractivity contribution in [2.75, 3.05) is 13.1 Å². The SMILES string of the molecule is Cl.Cl.NCCNC(=O)Cc1ccccn1. The zero-order valence-corrected chi connectivity index (χ0v) is 9.81. The van der Waals surface area contributed by atoms with Gasteiger partial charge in [0, 0.05) is 25.0 Å². The van der Waals surface area contributed by atoms with Crippen molar-refractivity contribution in [1.82, 2.24) is 10.3 Å². The van der Waals surface area contributed by atoms with Gasteiger partial charge in [0.05, 0.1) is 6.42 Å². The highest BCUT2D eigenvalue weighted by Gasteiger charge is 2.01. The summed E-state index contributed by atoms with van der Waals surface area (Å²) >= 11 is 0. The van der Waals surface area contributed by atoms with Gasteiger partial charge >= 0.3 is 0 Å². The van der Waals surface area contributed by atoms with Gasteiger partial charge in [0.1, 0.15) is 0 Å². The van der Waals surface area contributed by atoms with Gasteiger partial charge in [-0.25, -0.2) is 0 Å². The van der Waals surface area contributed by atoms with Crippen LogP contribution in [-0.2, 0) is 11.2 Å². The lowest BCUT2D eigenvalue weighted by atomic mass is 10.2. The molecule has 0 aliphatic rings. The molecule has 0 radical (unpaired) electrons. The van der Waals surface area contributed by atoms with Crippen molar-refractivity contribution in [1.29, 1.82) is 0 Å². The molecular weight excluding hydrogens is 237 g/mol. The number of nitrogens with two attached hydrogens (primary N) is 1. The number of aromatic nitrogens is 1. The lowest BCUT2D eigenvalue weighted by Crippen LogP contribution is -2.30. The largest absolute Gasteiger partial charge is 0.354 e. The molecule has 0 fully saturated rings. The quantitative estimate of drug-likeness (QED) is 0.821. The summed E-state index contributed by atoms with van der Waals surface area (Å²) in [6, 6.07) is 5.50. The Labute approximate surface area is 101 Å². The molecule has 0 bridgehead atoms. The smallest absolute Gasteiger partial charge is 0.226 e. The van der Waals surface area contributed by atoms with Crippen LogP contribution in [0.2, 0.25) is 0 Å². The van der Waals surface area contributed by atoms with Crippen LogP contribution in [0.25, 0.3) is 0 Å². The van der Waals surface area contributed by atoms with Crippen LogP contribution in [-0.4, -0.2) is 24.0 Å². The van der Waals surface area contributed by atoms with E-state index in [0.29, 0.717) is 19.5 Å². The maximum absolute atomic E-state index is 11.2. The molecule has 0 aliphatic heterocycles. The highest BCUT2D eigenvalue weighted by atomic mass is 35.5. The fraction of sp³-hybridized carbons (Fsp3) is 0.333. The summed E-state index contributed by atoms with van der Waals surface area (Å²) in [6.45, 7) is 0.986. The van der Waals surface area contributed by atoms with Crippen molar-refractivity contribution in [2.24, 2.45) is 5.73 Å². The molecule has 1 aromatic heterocycles. The molecule has 0 atom stereocenters. The van der Waals surface area contributed by atoms with Gasteiger partial charge in [-0.15, -0.1) is 24.8 Å². The van der Waals surface area contributed by atoms with Gasteiger partial charge < -0.3 is 11.1 Å². The topological polar surface area (TPSA) is 68.0 Å². The second-order valence-electron chi connectivity index (χ2n) is 2.64. The zero-order valence-electron chi connectivity index (χ0n) is 8.18. The highest BCUT2D eigenvalue weighted by Crippen LogP contribution is 1.93. The van der Waals surface area contributed by atoms with Gasteiger partial charge in [-0.05, 0) is 12.1 Å². The van der Waals surface area contributed by atoms with Crippen molar-refractivity contribution < 1.29 is 4.79 Å². The van der Waals surface area contributed by atoms with Crippen molar-refractivity contribution in [2.45, 2.75) is 6.42 Å². The van der Waals surface area contributed by atoms with Crippen molar-refractivity contribution in [3.63, 3.8) is 0 Å². The fourth-order valence-corrected chi connectivity index (χ4v) is 0.941. The Kier molecular flexibility index (Phi) is 10.7. The van der Waals surface area contributed by atoms with Crippen LogP contribution in [0.3, 0.4) is 0 Å². The third-order valence-corrected chi connectivity index (χ3v) is 1.53. The average molecular weight is 252 g/mol. The molecule has 0 saturated heterocycles. The Balaban J connectivity index is 0. The van der Waals surface area contributed by atoms with E-state index in [1.165, 1.54) is 0 Å². The van der Waals surface area contributed by atoms with Crippen molar-refractivity contribution in [3.05, 3.63) is 30.1 Å². The second kappa shape index (κ2) is 9.71. The van der Waals surface area contributed by atoms with Crippen LogP contribution in [0.5, 0.6) is 0 Å². The molecule has 6 heteroatoms. The third-order valence-electron chi connectivity index (χ3n) is 1.53. The van der Waals surface area contributed by atoms with Crippen LogP contribution in [0, 0.1) is 0 Å². The Morgan fingerprint density at radius 1 is 1.40 bits per heavy atom. The molecule has 3 N–H and O–H groups in total. The number of hydrogen-bond acceptors (Lipinski definition) is 3. The van der Waals surface area contributed by atoms with Gasteiger partial charge in [0.2, 0.25) is 5.91 Å². The summed E-state index contributed by atoms with van der Waals surface area (Å²) in [5, 5.41) is 2.68. The Bertz CT molecular complexity index is 269. The molecule has 0 saturated carbocycles. The predicted octanol–water partition coefficient (Wildman–Crippen LogP) is 0.543. The summed E-state index contributed by atoms with van der Waals surface area (Å²) in [7, 11) is 0. The molecule has 1 amide bonds. The number of carbonyl (C=O) groups is 1. The molecule has 15 heavy (non-hydrogen) atoms. The fourth-order valence-electron chi connectivity index (χ4n) is 0.941.